The maximum Gasteiger partial charge on any atom is 0.321 e. The molecule has 1 N–H and O–H groups in total. The lowest BCUT2D eigenvalue weighted by atomic mass is 9.98. The maximum absolute atomic E-state index is 11.3. The minimum absolute atomic E-state index is 0.251. The van der Waals surface area contributed by atoms with Crippen LogP contribution >= 0.6 is 22.9 Å². The Labute approximate surface area is 102 Å². The van der Waals surface area contributed by atoms with E-state index < -0.39 is 5.97 Å². The summed E-state index contributed by atoms with van der Waals surface area (Å²) in [6.45, 7) is 0. The zero-order valence-corrected chi connectivity index (χ0v) is 9.76. The molecule has 2 rings (SSSR count). The van der Waals surface area contributed by atoms with Gasteiger partial charge in [0.25, 0.3) is 0 Å². The van der Waals surface area contributed by atoms with Crippen LogP contribution in [0.2, 0.25) is 5.02 Å². The van der Waals surface area contributed by atoms with Crippen molar-refractivity contribution < 1.29 is 9.90 Å². The molecule has 0 amide bonds. The molecular formula is C12H8ClO2S. The molecule has 0 bridgehead atoms. The average Bonchev–Trinajstić information content (AvgIpc) is 2.74. The van der Waals surface area contributed by atoms with E-state index in [1.54, 1.807) is 30.3 Å². The van der Waals surface area contributed by atoms with Crippen LogP contribution in [0.5, 0.6) is 0 Å². The van der Waals surface area contributed by atoms with Crippen LogP contribution in [0.25, 0.3) is 0 Å². The molecule has 0 aliphatic carbocycles. The summed E-state index contributed by atoms with van der Waals surface area (Å²) in [5.41, 5.74) is 0.555. The molecule has 2 aromatic rings. The van der Waals surface area contributed by atoms with Crippen LogP contribution in [-0.4, -0.2) is 11.1 Å². The number of thiophene rings is 1. The summed E-state index contributed by atoms with van der Waals surface area (Å²) < 4.78 is 0. The van der Waals surface area contributed by atoms with E-state index in [2.05, 4.69) is 0 Å². The van der Waals surface area contributed by atoms with Crippen molar-refractivity contribution in [1.82, 2.24) is 0 Å². The first-order chi connectivity index (χ1) is 7.70. The molecule has 16 heavy (non-hydrogen) atoms. The molecular weight excluding hydrogens is 244 g/mol. The summed E-state index contributed by atoms with van der Waals surface area (Å²) >= 11 is 7.39. The van der Waals surface area contributed by atoms with Gasteiger partial charge in [0.15, 0.2) is 5.92 Å². The van der Waals surface area contributed by atoms with E-state index >= 15 is 0 Å². The van der Waals surface area contributed by atoms with Gasteiger partial charge >= 0.3 is 5.97 Å². The summed E-state index contributed by atoms with van der Waals surface area (Å²) in [5, 5.41) is 11.5. The molecule has 0 atom stereocenters. The molecule has 0 aliphatic rings. The Bertz CT molecular complexity index is 493. The number of carboxylic acids is 1. The normalized spacial score (nSPS) is 10.6. The minimum atomic E-state index is -0.962. The second-order valence-corrected chi connectivity index (χ2v) is 4.49. The molecule has 0 spiro atoms. The van der Waals surface area contributed by atoms with Gasteiger partial charge < -0.3 is 5.11 Å². The molecule has 0 saturated carbocycles. The van der Waals surface area contributed by atoms with Crippen molar-refractivity contribution in [3.05, 3.63) is 63.2 Å². The van der Waals surface area contributed by atoms with E-state index in [4.69, 9.17) is 11.6 Å². The van der Waals surface area contributed by atoms with E-state index in [1.165, 1.54) is 11.3 Å². The van der Waals surface area contributed by atoms with Crippen molar-refractivity contribution in [2.24, 2.45) is 0 Å². The highest BCUT2D eigenvalue weighted by molar-refractivity contribution is 7.10. The Morgan fingerprint density at radius 3 is 2.50 bits per heavy atom. The van der Waals surface area contributed by atoms with Crippen LogP contribution in [0.3, 0.4) is 0 Å². The molecule has 1 aromatic carbocycles. The number of carbonyl (C=O) groups is 1. The Kier molecular flexibility index (Phi) is 3.27. The zero-order chi connectivity index (χ0) is 11.5. The highest BCUT2D eigenvalue weighted by Gasteiger charge is 2.26. The Morgan fingerprint density at radius 1 is 1.19 bits per heavy atom. The number of halogens is 1. The predicted octanol–water partition coefficient (Wildman–Crippen LogP) is 3.46. The largest absolute Gasteiger partial charge is 0.480 e. The number of benzene rings is 1. The third-order valence-corrected chi connectivity index (χ3v) is 3.34. The summed E-state index contributed by atoms with van der Waals surface area (Å²) in [7, 11) is 0. The number of hydrogen-bond acceptors (Lipinski definition) is 2. The van der Waals surface area contributed by atoms with Crippen molar-refractivity contribution in [1.29, 1.82) is 0 Å². The van der Waals surface area contributed by atoms with Gasteiger partial charge in [-0.15, -0.1) is 11.3 Å². The lowest BCUT2D eigenvalue weighted by Gasteiger charge is -2.11. The van der Waals surface area contributed by atoms with E-state index in [-0.39, 0.29) is 5.92 Å². The van der Waals surface area contributed by atoms with Gasteiger partial charge in [-0.2, -0.15) is 0 Å². The minimum Gasteiger partial charge on any atom is -0.480 e. The monoisotopic (exact) mass is 251 g/mol. The molecule has 0 saturated heterocycles. The van der Waals surface area contributed by atoms with E-state index in [0.29, 0.717) is 15.5 Å². The van der Waals surface area contributed by atoms with Crippen molar-refractivity contribution in [2.45, 2.75) is 0 Å². The summed E-state index contributed by atoms with van der Waals surface area (Å²) in [5.74, 6) is -0.712. The first kappa shape index (κ1) is 11.2. The fraction of sp³-hybridized carbons (Fsp3) is 0. The summed E-state index contributed by atoms with van der Waals surface area (Å²) in [6, 6.07) is 10.5. The maximum atomic E-state index is 11.3. The molecule has 4 heteroatoms. The SMILES string of the molecule is O=C(O)[C](c1cccs1)c1ccccc1Cl. The lowest BCUT2D eigenvalue weighted by molar-refractivity contribution is -0.133. The molecule has 1 aromatic heterocycles. The van der Waals surface area contributed by atoms with Gasteiger partial charge in [0.1, 0.15) is 0 Å². The van der Waals surface area contributed by atoms with Crippen LogP contribution in [0, 0.1) is 5.92 Å². The van der Waals surface area contributed by atoms with Crippen LogP contribution in [0.4, 0.5) is 0 Å². The first-order valence-electron chi connectivity index (χ1n) is 4.59. The van der Waals surface area contributed by atoms with E-state index in [9.17, 15) is 9.90 Å². The quantitative estimate of drug-likeness (QED) is 0.907. The highest BCUT2D eigenvalue weighted by Crippen LogP contribution is 2.31. The molecule has 1 heterocycles. The van der Waals surface area contributed by atoms with Gasteiger partial charge in [-0.3, -0.25) is 4.79 Å². The van der Waals surface area contributed by atoms with Gasteiger partial charge in [0, 0.05) is 9.90 Å². The van der Waals surface area contributed by atoms with Crippen molar-refractivity contribution in [3.8, 4) is 0 Å². The van der Waals surface area contributed by atoms with Crippen molar-refractivity contribution in [2.75, 3.05) is 0 Å². The third kappa shape index (κ3) is 2.10. The van der Waals surface area contributed by atoms with Gasteiger partial charge in [-0.05, 0) is 23.1 Å². The molecule has 0 unspecified atom stereocenters. The molecule has 0 fully saturated rings. The van der Waals surface area contributed by atoms with Gasteiger partial charge in [-0.25, -0.2) is 0 Å². The Hall–Kier alpha value is -1.32. The molecule has 1 radical (unpaired) electrons. The van der Waals surface area contributed by atoms with Crippen molar-refractivity contribution >= 4 is 28.9 Å². The highest BCUT2D eigenvalue weighted by atomic mass is 35.5. The number of carboxylic acid groups (broad SMARTS) is 1. The van der Waals surface area contributed by atoms with Crippen LogP contribution < -0.4 is 0 Å². The van der Waals surface area contributed by atoms with Gasteiger partial charge in [0.2, 0.25) is 0 Å². The standard InChI is InChI=1S/C12H8ClO2S/c13-9-5-2-1-4-8(9)11(12(14)15)10-6-3-7-16-10/h1-7H,(H,14,15). The predicted molar refractivity (Wildman–Crippen MR) is 64.9 cm³/mol. The Balaban J connectivity index is 2.50. The summed E-state index contributed by atoms with van der Waals surface area (Å²) in [4.78, 5) is 12.0. The molecule has 0 aliphatic heterocycles. The lowest BCUT2D eigenvalue weighted by Crippen LogP contribution is -2.13. The van der Waals surface area contributed by atoms with Gasteiger partial charge in [-0.1, -0.05) is 35.9 Å². The summed E-state index contributed by atoms with van der Waals surface area (Å²) in [6.07, 6.45) is 0. The topological polar surface area (TPSA) is 37.3 Å². The zero-order valence-electron chi connectivity index (χ0n) is 8.18. The van der Waals surface area contributed by atoms with Crippen LogP contribution in [0.1, 0.15) is 10.4 Å². The van der Waals surface area contributed by atoms with Gasteiger partial charge in [0.05, 0.1) is 0 Å². The molecule has 2 nitrogen and oxygen atoms in total. The first-order valence-corrected chi connectivity index (χ1v) is 5.85. The smallest absolute Gasteiger partial charge is 0.321 e. The third-order valence-electron chi connectivity index (χ3n) is 2.12. The average molecular weight is 252 g/mol. The Morgan fingerprint density at radius 2 is 1.94 bits per heavy atom. The van der Waals surface area contributed by atoms with Crippen molar-refractivity contribution in [3.63, 3.8) is 0 Å². The van der Waals surface area contributed by atoms with E-state index in [0.717, 1.165) is 0 Å². The number of aliphatic carboxylic acids is 1. The molecule has 81 valence electrons. The number of hydrogen-bond donors (Lipinski definition) is 1. The fourth-order valence-corrected chi connectivity index (χ4v) is 2.44. The van der Waals surface area contributed by atoms with E-state index in [1.807, 2.05) is 11.4 Å². The van der Waals surface area contributed by atoms with Crippen LogP contribution in [-0.2, 0) is 4.79 Å². The fourth-order valence-electron chi connectivity index (χ4n) is 1.44. The number of rotatable bonds is 3. The second-order valence-electron chi connectivity index (χ2n) is 3.14. The van der Waals surface area contributed by atoms with Crippen LogP contribution in [0.15, 0.2) is 41.8 Å². The second kappa shape index (κ2) is 4.68.